The summed E-state index contributed by atoms with van der Waals surface area (Å²) in [7, 11) is 0. The Hall–Kier alpha value is -2.05. The first kappa shape index (κ1) is 41.0. The van der Waals surface area contributed by atoms with E-state index < -0.39 is 0 Å². The maximum Gasteiger partial charge on any atom is -0.171 e. The van der Waals surface area contributed by atoms with Crippen LogP contribution in [0.4, 0.5) is 0 Å². The van der Waals surface area contributed by atoms with Gasteiger partial charge in [0.15, 0.2) is 0 Å². The molecule has 0 aliphatic heterocycles. The Bertz CT molecular complexity index is 1450. The van der Waals surface area contributed by atoms with Crippen LogP contribution in [0.5, 0.6) is 0 Å². The summed E-state index contributed by atoms with van der Waals surface area (Å²) in [6, 6.07) is 22.3. The number of hydrogen-bond acceptors (Lipinski definition) is 0. The van der Waals surface area contributed by atoms with Crippen molar-refractivity contribution in [2.24, 2.45) is 5.92 Å². The summed E-state index contributed by atoms with van der Waals surface area (Å²) < 4.78 is 3.34. The first-order chi connectivity index (χ1) is 20.4. The molecule has 240 valence electrons. The summed E-state index contributed by atoms with van der Waals surface area (Å²) in [6.07, 6.45) is 12.7. The van der Waals surface area contributed by atoms with Gasteiger partial charge in [0, 0.05) is 5.41 Å². The maximum atomic E-state index is 3.65. The van der Waals surface area contributed by atoms with Crippen molar-refractivity contribution in [2.75, 3.05) is 0 Å². The predicted molar refractivity (Wildman–Crippen MR) is 200 cm³/mol. The van der Waals surface area contributed by atoms with Crippen molar-refractivity contribution in [3.63, 3.8) is 0 Å². The molecule has 7 rings (SSSR count). The molecular formula is C42H50Cl2Zr-4. The van der Waals surface area contributed by atoms with E-state index in [1.807, 2.05) is 30.3 Å². The minimum absolute atomic E-state index is 0. The van der Waals surface area contributed by atoms with Crippen molar-refractivity contribution in [1.29, 1.82) is 0 Å². The summed E-state index contributed by atoms with van der Waals surface area (Å²) in [4.78, 5) is 0. The molecule has 4 aliphatic rings. The van der Waals surface area contributed by atoms with Gasteiger partial charge in [-0.2, -0.15) is 55.0 Å². The number of benzene rings is 3. The monoisotopic (exact) mass is 714 g/mol. The van der Waals surface area contributed by atoms with Crippen LogP contribution in [0.15, 0.2) is 77.9 Å². The molecule has 0 aromatic heterocycles. The third-order valence-electron chi connectivity index (χ3n) is 8.57. The van der Waals surface area contributed by atoms with E-state index in [1.54, 1.807) is 6.92 Å². The Morgan fingerprint density at radius 1 is 0.733 bits per heavy atom. The van der Waals surface area contributed by atoms with Gasteiger partial charge in [0.1, 0.15) is 0 Å². The molecule has 1 unspecified atom stereocenters. The topological polar surface area (TPSA) is 0 Å². The van der Waals surface area contributed by atoms with E-state index in [2.05, 4.69) is 128 Å². The van der Waals surface area contributed by atoms with E-state index in [-0.39, 0.29) is 35.6 Å². The number of hydrogen-bond donors (Lipinski definition) is 0. The van der Waals surface area contributed by atoms with Gasteiger partial charge in [0.25, 0.3) is 0 Å². The first-order valence-corrected chi connectivity index (χ1v) is 17.0. The van der Waals surface area contributed by atoms with E-state index >= 15 is 0 Å². The molecule has 3 aromatic rings. The molecule has 0 radical (unpaired) electrons. The van der Waals surface area contributed by atoms with Crippen LogP contribution < -0.4 is 0 Å². The van der Waals surface area contributed by atoms with E-state index in [9.17, 15) is 0 Å². The Morgan fingerprint density at radius 2 is 1.27 bits per heavy atom. The standard InChI is InChI=1S/C25H25.C8H11.C6H5.C2H5.CH2.2ClH.Zr/c1-14-12-24(3,4)22-8-16-7-17-9-23-19(15(2)13-25(23,5)6)11-21(17)20(16)10-18(14)22;1-6-4-7(2)8(3)5-6;1-2-4-6-5-3-1;1-2;;;;/h8-12H,7H2,1-6H3;4,6H,1-3H3;1-5H;1H2,2H3;1H2;2*1H;/q4*-1;;;;. The molecule has 3 heteroatoms. The van der Waals surface area contributed by atoms with Crippen molar-refractivity contribution in [1.82, 2.24) is 0 Å². The van der Waals surface area contributed by atoms with Crippen molar-refractivity contribution in [3.05, 3.63) is 136 Å². The quantitative estimate of drug-likeness (QED) is 0.159. The van der Waals surface area contributed by atoms with Crippen LogP contribution in [0.1, 0.15) is 103 Å². The maximum absolute atomic E-state index is 3.65. The molecular weight excluding hydrogens is 667 g/mol. The molecule has 0 nitrogen and oxygen atoms in total. The van der Waals surface area contributed by atoms with Crippen LogP contribution in [0.25, 0.3) is 22.3 Å². The van der Waals surface area contributed by atoms with Gasteiger partial charge in [-0.1, -0.05) is 78.0 Å². The van der Waals surface area contributed by atoms with Crippen molar-refractivity contribution >= 4 is 40.2 Å². The zero-order valence-electron chi connectivity index (χ0n) is 28.9. The summed E-state index contributed by atoms with van der Waals surface area (Å²) in [5.74, 6) is 0.551. The second-order valence-corrected chi connectivity index (χ2v) is 12.7. The number of fused-ring (bicyclic) bond motifs is 5. The predicted octanol–water partition coefficient (Wildman–Crippen LogP) is 11.9. The van der Waals surface area contributed by atoms with Crippen LogP contribution in [-0.4, -0.2) is 4.21 Å². The molecule has 1 atom stereocenters. The average Bonchev–Trinajstić information content (AvgIpc) is 3.64. The van der Waals surface area contributed by atoms with Crippen LogP contribution in [0.2, 0.25) is 0 Å². The zero-order chi connectivity index (χ0) is 32.1. The number of allylic oxidation sites excluding steroid dienone is 8. The summed E-state index contributed by atoms with van der Waals surface area (Å²) in [6.45, 7) is 25.1. The molecule has 45 heavy (non-hydrogen) atoms. The molecule has 0 fully saturated rings. The van der Waals surface area contributed by atoms with Gasteiger partial charge in [-0.3, -0.25) is 12.2 Å². The van der Waals surface area contributed by atoms with Gasteiger partial charge < -0.3 is 6.92 Å². The van der Waals surface area contributed by atoms with Gasteiger partial charge in [0.05, 0.1) is 0 Å². The molecule has 0 heterocycles. The fourth-order valence-corrected chi connectivity index (χ4v) is 6.61. The second-order valence-electron chi connectivity index (χ2n) is 12.7. The summed E-state index contributed by atoms with van der Waals surface area (Å²) >= 11 is 1.30. The molecule has 0 bridgehead atoms. The van der Waals surface area contributed by atoms with Gasteiger partial charge in [-0.25, -0.2) is 16.7 Å². The molecule has 0 N–H and O–H groups in total. The second kappa shape index (κ2) is 17.2. The largest absolute Gasteiger partial charge is 0.184 e. The average molecular weight is 717 g/mol. The molecule has 3 aromatic carbocycles. The van der Waals surface area contributed by atoms with Crippen molar-refractivity contribution in [3.8, 4) is 11.1 Å². The van der Waals surface area contributed by atoms with Crippen LogP contribution in [0.3, 0.4) is 0 Å². The fraction of sp³-hybridized carbons (Fsp3) is 0.333. The van der Waals surface area contributed by atoms with E-state index in [0.717, 1.165) is 6.42 Å². The Morgan fingerprint density at radius 3 is 1.69 bits per heavy atom. The molecule has 0 amide bonds. The first-order valence-electron chi connectivity index (χ1n) is 15.3. The van der Waals surface area contributed by atoms with Gasteiger partial charge in [-0.05, 0) is 58.4 Å². The zero-order valence-corrected chi connectivity index (χ0v) is 33.0. The van der Waals surface area contributed by atoms with Crippen molar-refractivity contribution in [2.45, 2.75) is 86.5 Å². The van der Waals surface area contributed by atoms with E-state index in [0.29, 0.717) is 5.92 Å². The fourth-order valence-electron chi connectivity index (χ4n) is 6.61. The normalized spacial score (nSPS) is 17.6. The van der Waals surface area contributed by atoms with Crippen LogP contribution >= 0.6 is 24.8 Å². The summed E-state index contributed by atoms with van der Waals surface area (Å²) in [5, 5.41) is 0. The molecule has 0 saturated carbocycles. The Kier molecular flexibility index (Phi) is 15.7. The van der Waals surface area contributed by atoms with Gasteiger partial charge >= 0.3 is 28.4 Å². The van der Waals surface area contributed by atoms with Crippen LogP contribution in [-0.2, 0) is 41.5 Å². The third kappa shape index (κ3) is 9.06. The molecule has 4 aliphatic carbocycles. The molecule has 0 spiro atoms. The van der Waals surface area contributed by atoms with E-state index in [1.165, 1.54) is 91.0 Å². The smallest absolute Gasteiger partial charge is 0.171 e. The summed E-state index contributed by atoms with van der Waals surface area (Å²) in [5.41, 5.74) is 17.3. The minimum Gasteiger partial charge on any atom is -0.184 e. The Balaban J connectivity index is 0.000000420. The number of halogens is 2. The van der Waals surface area contributed by atoms with Crippen LogP contribution in [0, 0.1) is 31.1 Å². The molecule has 0 saturated heterocycles. The van der Waals surface area contributed by atoms with E-state index in [4.69, 9.17) is 0 Å². The minimum atomic E-state index is 0. The third-order valence-corrected chi connectivity index (χ3v) is 8.57. The van der Waals surface area contributed by atoms with Gasteiger partial charge in [-0.15, -0.1) is 43.4 Å². The number of rotatable bonds is 0. The Labute approximate surface area is 302 Å². The SMILES string of the molecule is CC1=[C-]C(C)(C)c2cc3c(cc21)-c1cc2c(cc1C3)C(C)(C)C=C2C.CC1=[C-]C(C)C=C1C.Cl.Cl.[CH2-]C.[CH2]=[Zr].[c-]1ccccc1. The van der Waals surface area contributed by atoms with Gasteiger partial charge in [0.2, 0.25) is 0 Å². The van der Waals surface area contributed by atoms with Crippen molar-refractivity contribution < 1.29 is 24.2 Å².